The van der Waals surface area contributed by atoms with Gasteiger partial charge < -0.3 is 14.6 Å². The molecular weight excluding hydrogens is 326 g/mol. The predicted molar refractivity (Wildman–Crippen MR) is 104 cm³/mol. The van der Waals surface area contributed by atoms with E-state index in [1.807, 2.05) is 25.3 Å². The van der Waals surface area contributed by atoms with Crippen LogP contribution < -0.4 is 10.1 Å². The van der Waals surface area contributed by atoms with Crippen molar-refractivity contribution < 1.29 is 9.53 Å². The van der Waals surface area contributed by atoms with E-state index < -0.39 is 6.10 Å². The first-order valence-corrected chi connectivity index (χ1v) is 9.19. The van der Waals surface area contributed by atoms with Crippen LogP contribution in [0.3, 0.4) is 0 Å². The lowest BCUT2D eigenvalue weighted by Gasteiger charge is -2.20. The van der Waals surface area contributed by atoms with Gasteiger partial charge in [0.1, 0.15) is 11.6 Å². The van der Waals surface area contributed by atoms with E-state index in [1.165, 1.54) is 5.56 Å². The third-order valence-corrected chi connectivity index (χ3v) is 4.46. The second-order valence-electron chi connectivity index (χ2n) is 8.01. The normalized spacial score (nSPS) is 13.9. The van der Waals surface area contributed by atoms with Gasteiger partial charge in [0, 0.05) is 25.5 Å². The zero-order valence-corrected chi connectivity index (χ0v) is 16.7. The zero-order chi connectivity index (χ0) is 19.3. The van der Waals surface area contributed by atoms with Gasteiger partial charge in [-0.3, -0.25) is 4.79 Å². The summed E-state index contributed by atoms with van der Waals surface area (Å²) >= 11 is 0. The van der Waals surface area contributed by atoms with E-state index in [4.69, 9.17) is 4.74 Å². The lowest BCUT2D eigenvalue weighted by atomic mass is 9.87. The number of ether oxygens (including phenoxy) is 1. The third kappa shape index (κ3) is 5.61. The summed E-state index contributed by atoms with van der Waals surface area (Å²) in [6.07, 6.45) is 3.22. The number of amides is 1. The number of imidazole rings is 1. The fraction of sp³-hybridized carbons (Fsp3) is 0.524. The Bertz CT molecular complexity index is 714. The van der Waals surface area contributed by atoms with Crippen LogP contribution in [0.5, 0.6) is 5.75 Å². The van der Waals surface area contributed by atoms with Gasteiger partial charge in [-0.05, 0) is 42.9 Å². The molecule has 142 valence electrons. The van der Waals surface area contributed by atoms with Crippen molar-refractivity contribution in [2.45, 2.75) is 59.6 Å². The number of nitrogens with one attached hydrogen (secondary N) is 1. The second-order valence-corrected chi connectivity index (χ2v) is 8.01. The van der Waals surface area contributed by atoms with Gasteiger partial charge in [0.05, 0.1) is 0 Å². The van der Waals surface area contributed by atoms with Gasteiger partial charge >= 0.3 is 0 Å². The Kier molecular flexibility index (Phi) is 6.46. The van der Waals surface area contributed by atoms with Crippen LogP contribution in [0.4, 0.5) is 0 Å². The molecule has 5 nitrogen and oxygen atoms in total. The van der Waals surface area contributed by atoms with Gasteiger partial charge in [0.15, 0.2) is 6.10 Å². The summed E-state index contributed by atoms with van der Waals surface area (Å²) in [6.45, 7) is 13.8. The molecule has 1 heterocycles. The zero-order valence-electron chi connectivity index (χ0n) is 16.7. The molecular formula is C21H31N3O2. The van der Waals surface area contributed by atoms with Crippen molar-refractivity contribution in [1.29, 1.82) is 0 Å². The minimum absolute atomic E-state index is 0.0981. The van der Waals surface area contributed by atoms with Crippen molar-refractivity contribution in [1.82, 2.24) is 14.9 Å². The summed E-state index contributed by atoms with van der Waals surface area (Å²) in [5, 5.41) is 2.97. The molecule has 2 aromatic rings. The fourth-order valence-corrected chi connectivity index (χ4v) is 2.71. The van der Waals surface area contributed by atoms with Crippen molar-refractivity contribution in [2.24, 2.45) is 5.92 Å². The van der Waals surface area contributed by atoms with Crippen molar-refractivity contribution in [3.63, 3.8) is 0 Å². The molecule has 0 saturated heterocycles. The van der Waals surface area contributed by atoms with Crippen LogP contribution in [0.2, 0.25) is 0 Å². The highest BCUT2D eigenvalue weighted by molar-refractivity contribution is 5.80. The number of aromatic nitrogens is 2. The molecule has 0 fully saturated rings. The molecule has 2 rings (SSSR count). The Morgan fingerprint density at radius 2 is 1.88 bits per heavy atom. The maximum Gasteiger partial charge on any atom is 0.260 e. The maximum atomic E-state index is 12.3. The van der Waals surface area contributed by atoms with Crippen LogP contribution >= 0.6 is 0 Å². The Balaban J connectivity index is 1.81. The van der Waals surface area contributed by atoms with Gasteiger partial charge in [-0.15, -0.1) is 0 Å². The third-order valence-electron chi connectivity index (χ3n) is 4.46. The van der Waals surface area contributed by atoms with Crippen LogP contribution in [0.25, 0.3) is 0 Å². The molecule has 1 N–H and O–H groups in total. The highest BCUT2D eigenvalue weighted by atomic mass is 16.5. The second kappa shape index (κ2) is 8.39. The minimum atomic E-state index is -0.530. The number of benzene rings is 1. The molecule has 0 aliphatic heterocycles. The van der Waals surface area contributed by atoms with E-state index >= 15 is 0 Å². The first-order valence-electron chi connectivity index (χ1n) is 9.19. The van der Waals surface area contributed by atoms with Crippen LogP contribution in [-0.4, -0.2) is 28.1 Å². The summed E-state index contributed by atoms with van der Waals surface area (Å²) < 4.78 is 7.86. The predicted octanol–water partition coefficient (Wildman–Crippen LogP) is 3.71. The van der Waals surface area contributed by atoms with Gasteiger partial charge in [0.25, 0.3) is 5.91 Å². The van der Waals surface area contributed by atoms with Crippen molar-refractivity contribution in [2.75, 3.05) is 6.54 Å². The molecule has 0 spiro atoms. The van der Waals surface area contributed by atoms with Crippen LogP contribution in [0.15, 0.2) is 36.7 Å². The van der Waals surface area contributed by atoms with E-state index in [9.17, 15) is 4.79 Å². The number of aryl methyl sites for hydroxylation is 1. The molecule has 26 heavy (non-hydrogen) atoms. The lowest BCUT2D eigenvalue weighted by molar-refractivity contribution is -0.127. The fourth-order valence-electron chi connectivity index (χ4n) is 2.71. The monoisotopic (exact) mass is 357 g/mol. The molecule has 2 unspecified atom stereocenters. The molecule has 0 aliphatic rings. The summed E-state index contributed by atoms with van der Waals surface area (Å²) in [5.41, 5.74) is 1.34. The number of hydrogen-bond donors (Lipinski definition) is 1. The van der Waals surface area contributed by atoms with E-state index in [-0.39, 0.29) is 11.3 Å². The molecule has 5 heteroatoms. The molecule has 0 bridgehead atoms. The van der Waals surface area contributed by atoms with Crippen LogP contribution in [0.1, 0.15) is 46.0 Å². The molecule has 1 aromatic carbocycles. The number of nitrogens with zero attached hydrogens (tertiary/aromatic N) is 2. The van der Waals surface area contributed by atoms with Crippen molar-refractivity contribution >= 4 is 5.91 Å². The van der Waals surface area contributed by atoms with E-state index in [2.05, 4.69) is 54.7 Å². The molecule has 2 atom stereocenters. The van der Waals surface area contributed by atoms with Crippen molar-refractivity contribution in [3.05, 3.63) is 48.0 Å². The molecule has 1 amide bonds. The summed E-state index contributed by atoms with van der Waals surface area (Å²) in [4.78, 5) is 16.5. The Hall–Kier alpha value is -2.30. The number of carbonyl (C=O) groups is 1. The van der Waals surface area contributed by atoms with E-state index in [0.717, 1.165) is 12.4 Å². The van der Waals surface area contributed by atoms with E-state index in [1.54, 1.807) is 13.1 Å². The topological polar surface area (TPSA) is 56.2 Å². The average Bonchev–Trinajstić information content (AvgIpc) is 2.97. The maximum absolute atomic E-state index is 12.3. The SMILES string of the molecule is Cc1nccn1CC(C)CNC(=O)C(C)Oc1ccc(C(C)(C)C)cc1. The largest absolute Gasteiger partial charge is 0.481 e. The molecule has 1 aromatic heterocycles. The molecule has 0 aliphatic carbocycles. The van der Waals surface area contributed by atoms with Gasteiger partial charge in [-0.25, -0.2) is 4.98 Å². The standard InChI is InChI=1S/C21H31N3O2/c1-15(14-24-12-11-22-17(24)3)13-23-20(25)16(2)26-19-9-7-18(8-10-19)21(4,5)6/h7-12,15-16H,13-14H2,1-6H3,(H,23,25). The summed E-state index contributed by atoms with van der Waals surface area (Å²) in [6, 6.07) is 7.95. The van der Waals surface area contributed by atoms with Gasteiger partial charge in [-0.2, -0.15) is 0 Å². The van der Waals surface area contributed by atoms with Crippen LogP contribution in [0, 0.1) is 12.8 Å². The van der Waals surface area contributed by atoms with Gasteiger partial charge in [-0.1, -0.05) is 39.8 Å². The highest BCUT2D eigenvalue weighted by Crippen LogP contribution is 2.24. The average molecular weight is 357 g/mol. The number of hydrogen-bond acceptors (Lipinski definition) is 3. The summed E-state index contributed by atoms with van der Waals surface area (Å²) in [7, 11) is 0. The molecule has 0 radical (unpaired) electrons. The summed E-state index contributed by atoms with van der Waals surface area (Å²) in [5.74, 6) is 1.91. The van der Waals surface area contributed by atoms with Gasteiger partial charge in [0.2, 0.25) is 0 Å². The van der Waals surface area contributed by atoms with Crippen LogP contribution in [-0.2, 0) is 16.8 Å². The Morgan fingerprint density at radius 3 is 2.42 bits per heavy atom. The van der Waals surface area contributed by atoms with E-state index in [0.29, 0.717) is 18.2 Å². The Labute approximate surface area is 156 Å². The molecule has 0 saturated carbocycles. The minimum Gasteiger partial charge on any atom is -0.481 e. The number of carbonyl (C=O) groups excluding carboxylic acids is 1. The van der Waals surface area contributed by atoms with Crippen molar-refractivity contribution in [3.8, 4) is 5.75 Å². The first kappa shape index (κ1) is 20.0. The number of rotatable bonds is 7. The Morgan fingerprint density at radius 1 is 1.23 bits per heavy atom. The quantitative estimate of drug-likeness (QED) is 0.822. The smallest absolute Gasteiger partial charge is 0.260 e. The lowest BCUT2D eigenvalue weighted by Crippen LogP contribution is -2.39. The highest BCUT2D eigenvalue weighted by Gasteiger charge is 2.17. The first-order chi connectivity index (χ1) is 12.2.